The normalized spacial score (nSPS) is 66.0. The molecule has 0 aromatic rings. The summed E-state index contributed by atoms with van der Waals surface area (Å²) in [6.45, 7) is 9.30. The summed E-state index contributed by atoms with van der Waals surface area (Å²) in [7, 11) is 0. The lowest BCUT2D eigenvalue weighted by atomic mass is 9.48. The van der Waals surface area contributed by atoms with Crippen LogP contribution in [0.1, 0.15) is 40.0 Å². The van der Waals surface area contributed by atoms with Crippen LogP contribution in [0.25, 0.3) is 0 Å². The molecule has 2 heteroatoms. The minimum Gasteiger partial charge on any atom is -0.378 e. The van der Waals surface area contributed by atoms with Crippen molar-refractivity contribution in [2.45, 2.75) is 46.3 Å². The minimum absolute atomic E-state index is 0.165. The molecule has 0 aromatic carbocycles. The van der Waals surface area contributed by atoms with Gasteiger partial charge in [-0.05, 0) is 30.1 Å². The topological polar surface area (TPSA) is 23.5 Å². The largest absolute Gasteiger partial charge is 0.378 e. The fourth-order valence-corrected chi connectivity index (χ4v) is 5.22. The zero-order valence-corrected chi connectivity index (χ0v) is 9.51. The molecule has 0 radical (unpaired) electrons. The second-order valence-corrected chi connectivity index (χ2v) is 7.08. The van der Waals surface area contributed by atoms with E-state index in [1.54, 1.807) is 0 Å². The van der Waals surface area contributed by atoms with Gasteiger partial charge in [0.15, 0.2) is 0 Å². The summed E-state index contributed by atoms with van der Waals surface area (Å²) in [5.74, 6) is 0. The summed E-state index contributed by atoms with van der Waals surface area (Å²) in [6, 6.07) is 0. The molecule has 1 saturated carbocycles. The molecule has 1 aliphatic carbocycles. The number of hydrogen-bond acceptors (Lipinski definition) is 2. The Bertz CT molecular complexity index is 270. The Morgan fingerprint density at radius 3 is 1.93 bits per heavy atom. The molecule has 0 spiro atoms. The van der Waals surface area contributed by atoms with E-state index >= 15 is 0 Å². The van der Waals surface area contributed by atoms with Crippen LogP contribution in [0.2, 0.25) is 0 Å². The Kier molecular flexibility index (Phi) is 1.44. The molecular formula is C12H21NO. The van der Waals surface area contributed by atoms with Gasteiger partial charge in [-0.2, -0.15) is 0 Å². The Balaban J connectivity index is 2.06. The van der Waals surface area contributed by atoms with E-state index in [1.807, 2.05) is 0 Å². The van der Waals surface area contributed by atoms with Gasteiger partial charge in [0.05, 0.1) is 0 Å². The molecule has 4 rings (SSSR count). The molecule has 0 aromatic heterocycles. The Morgan fingerprint density at radius 1 is 1.00 bits per heavy atom. The Morgan fingerprint density at radius 2 is 1.50 bits per heavy atom. The van der Waals surface area contributed by atoms with E-state index in [0.717, 1.165) is 13.1 Å². The molecule has 4 aliphatic rings. The van der Waals surface area contributed by atoms with E-state index in [2.05, 4.69) is 25.7 Å². The minimum atomic E-state index is -0.177. The van der Waals surface area contributed by atoms with E-state index in [1.165, 1.54) is 19.3 Å². The van der Waals surface area contributed by atoms with Crippen molar-refractivity contribution in [1.82, 2.24) is 4.90 Å². The van der Waals surface area contributed by atoms with Gasteiger partial charge in [0.2, 0.25) is 0 Å². The van der Waals surface area contributed by atoms with Gasteiger partial charge in [-0.1, -0.05) is 20.8 Å². The smallest absolute Gasteiger partial charge is 0.112 e. The molecule has 2 unspecified atom stereocenters. The molecule has 5 atom stereocenters. The maximum Gasteiger partial charge on any atom is 0.112 e. The van der Waals surface area contributed by atoms with Gasteiger partial charge in [-0.15, -0.1) is 0 Å². The average Bonchev–Trinajstić information content (AvgIpc) is 1.94. The summed E-state index contributed by atoms with van der Waals surface area (Å²) >= 11 is 0. The SMILES string of the molecule is CC12C[C@]3(C)CN(C[C@](C)(C1)C3)[C@@H]2O. The van der Waals surface area contributed by atoms with Crippen molar-refractivity contribution in [3.63, 3.8) is 0 Å². The number of nitrogens with zero attached hydrogens (tertiary/aromatic N) is 1. The van der Waals surface area contributed by atoms with Crippen LogP contribution in [0.4, 0.5) is 0 Å². The highest BCUT2D eigenvalue weighted by atomic mass is 16.3. The summed E-state index contributed by atoms with van der Waals surface area (Å²) in [5.41, 5.74) is 1.11. The molecule has 4 bridgehead atoms. The molecule has 80 valence electrons. The lowest BCUT2D eigenvalue weighted by Gasteiger charge is -2.67. The fourth-order valence-electron chi connectivity index (χ4n) is 5.22. The Labute approximate surface area is 86.3 Å². The van der Waals surface area contributed by atoms with Crippen molar-refractivity contribution in [3.8, 4) is 0 Å². The van der Waals surface area contributed by atoms with Crippen LogP contribution in [0.3, 0.4) is 0 Å². The van der Waals surface area contributed by atoms with E-state index in [-0.39, 0.29) is 11.6 Å². The number of hydrogen-bond donors (Lipinski definition) is 1. The van der Waals surface area contributed by atoms with Gasteiger partial charge in [0.25, 0.3) is 0 Å². The van der Waals surface area contributed by atoms with Crippen molar-refractivity contribution in [2.24, 2.45) is 16.2 Å². The predicted molar refractivity (Wildman–Crippen MR) is 55.8 cm³/mol. The van der Waals surface area contributed by atoms with Crippen LogP contribution in [0.15, 0.2) is 0 Å². The number of aliphatic hydroxyl groups is 1. The third-order valence-corrected chi connectivity index (χ3v) is 4.65. The van der Waals surface area contributed by atoms with Crippen molar-refractivity contribution < 1.29 is 5.11 Å². The monoisotopic (exact) mass is 195 g/mol. The van der Waals surface area contributed by atoms with Crippen LogP contribution < -0.4 is 0 Å². The Hall–Kier alpha value is -0.0800. The number of rotatable bonds is 0. The van der Waals surface area contributed by atoms with Crippen molar-refractivity contribution in [3.05, 3.63) is 0 Å². The van der Waals surface area contributed by atoms with E-state index in [9.17, 15) is 5.11 Å². The molecule has 3 heterocycles. The van der Waals surface area contributed by atoms with Gasteiger partial charge in [-0.3, -0.25) is 4.90 Å². The van der Waals surface area contributed by atoms with E-state index < -0.39 is 0 Å². The first-order chi connectivity index (χ1) is 6.34. The highest BCUT2D eigenvalue weighted by Gasteiger charge is 2.61. The van der Waals surface area contributed by atoms with Crippen LogP contribution in [0, 0.1) is 16.2 Å². The zero-order chi connectivity index (χ0) is 10.2. The van der Waals surface area contributed by atoms with Crippen molar-refractivity contribution >= 4 is 0 Å². The lowest BCUT2D eigenvalue weighted by molar-refractivity contribution is -0.251. The van der Waals surface area contributed by atoms with Gasteiger partial charge in [0.1, 0.15) is 6.23 Å². The zero-order valence-electron chi connectivity index (χ0n) is 9.51. The first kappa shape index (κ1) is 9.17. The highest BCUT2D eigenvalue weighted by Crippen LogP contribution is 2.63. The van der Waals surface area contributed by atoms with Crippen LogP contribution in [-0.2, 0) is 0 Å². The lowest BCUT2D eigenvalue weighted by Crippen LogP contribution is -2.69. The third kappa shape index (κ3) is 0.989. The van der Waals surface area contributed by atoms with Gasteiger partial charge in [-0.25, -0.2) is 0 Å². The van der Waals surface area contributed by atoms with Crippen molar-refractivity contribution in [1.29, 1.82) is 0 Å². The van der Waals surface area contributed by atoms with Crippen LogP contribution >= 0.6 is 0 Å². The molecule has 3 saturated heterocycles. The third-order valence-electron chi connectivity index (χ3n) is 4.65. The highest BCUT2D eigenvalue weighted by molar-refractivity contribution is 5.11. The number of piperidine rings is 3. The van der Waals surface area contributed by atoms with Crippen molar-refractivity contribution in [2.75, 3.05) is 13.1 Å². The summed E-state index contributed by atoms with van der Waals surface area (Å²) in [4.78, 5) is 2.32. The first-order valence-corrected chi connectivity index (χ1v) is 5.77. The summed E-state index contributed by atoms with van der Waals surface area (Å²) in [5, 5.41) is 10.2. The van der Waals surface area contributed by atoms with E-state index in [0.29, 0.717) is 10.8 Å². The fraction of sp³-hybridized carbons (Fsp3) is 1.00. The van der Waals surface area contributed by atoms with Crippen LogP contribution in [-0.4, -0.2) is 29.3 Å². The molecule has 3 aliphatic heterocycles. The maximum atomic E-state index is 10.2. The standard InChI is InChI=1S/C12H21NO/c1-10-4-11(2)6-12(3,5-10)9(14)13(7-10)8-11/h9,14H,4-8H2,1-3H3/t9-,10-,11+,12?/m1/s1. The molecule has 2 nitrogen and oxygen atoms in total. The number of aliphatic hydroxyl groups excluding tert-OH is 1. The first-order valence-electron chi connectivity index (χ1n) is 5.77. The molecule has 0 amide bonds. The quantitative estimate of drug-likeness (QED) is 0.637. The second kappa shape index (κ2) is 2.19. The molecular weight excluding hydrogens is 174 g/mol. The van der Waals surface area contributed by atoms with Gasteiger partial charge in [0, 0.05) is 18.5 Å². The van der Waals surface area contributed by atoms with Gasteiger partial charge >= 0.3 is 0 Å². The maximum absolute atomic E-state index is 10.2. The van der Waals surface area contributed by atoms with Crippen LogP contribution in [0.5, 0.6) is 0 Å². The molecule has 14 heavy (non-hydrogen) atoms. The second-order valence-electron chi connectivity index (χ2n) is 7.08. The van der Waals surface area contributed by atoms with E-state index in [4.69, 9.17) is 0 Å². The molecule has 1 N–H and O–H groups in total. The molecule has 4 fully saturated rings. The predicted octanol–water partition coefficient (Wildman–Crippen LogP) is 1.84. The summed E-state index contributed by atoms with van der Waals surface area (Å²) < 4.78 is 0. The average molecular weight is 195 g/mol. The summed E-state index contributed by atoms with van der Waals surface area (Å²) in [6.07, 6.45) is 3.61. The van der Waals surface area contributed by atoms with Gasteiger partial charge < -0.3 is 5.11 Å².